The van der Waals surface area contributed by atoms with Crippen molar-refractivity contribution < 1.29 is 9.90 Å². The lowest BCUT2D eigenvalue weighted by atomic mass is 10.2. The molecule has 0 bridgehead atoms. The fraction of sp³-hybridized carbons (Fsp3) is 0. The average molecular weight is 223 g/mol. The van der Waals surface area contributed by atoms with Crippen LogP contribution >= 0.6 is 35.8 Å². The number of halogens is 2. The number of carboxylic acid groups (broad SMARTS) is 1. The Kier molecular flexibility index (Phi) is 2.88. The van der Waals surface area contributed by atoms with Gasteiger partial charge in [-0.15, -0.1) is 12.6 Å². The molecule has 1 aromatic carbocycles. The maximum absolute atomic E-state index is 10.5. The monoisotopic (exact) mass is 222 g/mol. The van der Waals surface area contributed by atoms with Crippen molar-refractivity contribution in [2.45, 2.75) is 4.90 Å². The van der Waals surface area contributed by atoms with Gasteiger partial charge >= 0.3 is 5.97 Å². The van der Waals surface area contributed by atoms with Crippen molar-refractivity contribution in [3.05, 3.63) is 27.7 Å². The molecule has 0 saturated heterocycles. The predicted octanol–water partition coefficient (Wildman–Crippen LogP) is 2.98. The Morgan fingerprint density at radius 1 is 1.42 bits per heavy atom. The van der Waals surface area contributed by atoms with E-state index in [4.69, 9.17) is 28.3 Å². The van der Waals surface area contributed by atoms with E-state index in [0.29, 0.717) is 5.02 Å². The highest BCUT2D eigenvalue weighted by Crippen LogP contribution is 2.31. The summed E-state index contributed by atoms with van der Waals surface area (Å²) in [5, 5.41) is 9.09. The van der Waals surface area contributed by atoms with E-state index in [1.54, 1.807) is 0 Å². The number of benzene rings is 1. The van der Waals surface area contributed by atoms with E-state index in [2.05, 4.69) is 12.6 Å². The Morgan fingerprint density at radius 3 is 2.50 bits per heavy atom. The van der Waals surface area contributed by atoms with Gasteiger partial charge in [0.1, 0.15) is 0 Å². The van der Waals surface area contributed by atoms with E-state index < -0.39 is 5.97 Å². The summed E-state index contributed by atoms with van der Waals surface area (Å²) < 4.78 is 0. The predicted molar refractivity (Wildman–Crippen MR) is 50.7 cm³/mol. The SMILES string of the molecule is O=C(O)c1ccc(Cl)c(Cl)c1S. The molecule has 0 saturated carbocycles. The van der Waals surface area contributed by atoms with Crippen LogP contribution in [0.15, 0.2) is 17.0 Å². The highest BCUT2D eigenvalue weighted by molar-refractivity contribution is 7.80. The van der Waals surface area contributed by atoms with Crippen LogP contribution in [-0.4, -0.2) is 11.1 Å². The van der Waals surface area contributed by atoms with Crippen molar-refractivity contribution in [2.24, 2.45) is 0 Å². The molecule has 64 valence electrons. The Bertz CT molecular complexity index is 338. The van der Waals surface area contributed by atoms with Crippen molar-refractivity contribution in [3.8, 4) is 0 Å². The van der Waals surface area contributed by atoms with Gasteiger partial charge in [0, 0.05) is 4.90 Å². The van der Waals surface area contributed by atoms with E-state index in [1.165, 1.54) is 12.1 Å². The summed E-state index contributed by atoms with van der Waals surface area (Å²) in [5.41, 5.74) is 0.0488. The number of carboxylic acids is 1. The molecule has 0 radical (unpaired) electrons. The fourth-order valence-corrected chi connectivity index (χ4v) is 1.39. The number of hydrogen-bond donors (Lipinski definition) is 2. The number of rotatable bonds is 1. The van der Waals surface area contributed by atoms with Crippen LogP contribution in [0.5, 0.6) is 0 Å². The first-order valence-corrected chi connectivity index (χ1v) is 4.14. The molecule has 0 heterocycles. The van der Waals surface area contributed by atoms with Crippen LogP contribution in [-0.2, 0) is 0 Å². The third-order valence-electron chi connectivity index (χ3n) is 1.30. The lowest BCUT2D eigenvalue weighted by Crippen LogP contribution is -1.97. The van der Waals surface area contributed by atoms with Gasteiger partial charge in [-0.1, -0.05) is 23.2 Å². The van der Waals surface area contributed by atoms with Crippen molar-refractivity contribution >= 4 is 41.8 Å². The molecule has 0 unspecified atom stereocenters. The maximum Gasteiger partial charge on any atom is 0.336 e. The molecule has 0 aliphatic heterocycles. The molecule has 0 spiro atoms. The molecule has 1 N–H and O–H groups in total. The van der Waals surface area contributed by atoms with Crippen LogP contribution in [0.25, 0.3) is 0 Å². The van der Waals surface area contributed by atoms with Crippen LogP contribution < -0.4 is 0 Å². The average Bonchev–Trinajstić information content (AvgIpc) is 2.00. The smallest absolute Gasteiger partial charge is 0.336 e. The molecule has 0 aliphatic rings. The Morgan fingerprint density at radius 2 is 2.00 bits per heavy atom. The van der Waals surface area contributed by atoms with Gasteiger partial charge < -0.3 is 5.11 Å². The Labute approximate surface area is 84.5 Å². The quantitative estimate of drug-likeness (QED) is 0.718. The zero-order chi connectivity index (χ0) is 9.30. The van der Waals surface area contributed by atoms with Crippen molar-refractivity contribution in [3.63, 3.8) is 0 Å². The molecular weight excluding hydrogens is 219 g/mol. The van der Waals surface area contributed by atoms with Gasteiger partial charge in [-0.3, -0.25) is 0 Å². The summed E-state index contributed by atoms with van der Waals surface area (Å²) >= 11 is 15.2. The zero-order valence-electron chi connectivity index (χ0n) is 5.71. The second-order valence-electron chi connectivity index (χ2n) is 2.06. The second-order valence-corrected chi connectivity index (χ2v) is 3.30. The van der Waals surface area contributed by atoms with E-state index in [1.807, 2.05) is 0 Å². The van der Waals surface area contributed by atoms with E-state index in [0.717, 1.165) is 0 Å². The van der Waals surface area contributed by atoms with E-state index >= 15 is 0 Å². The summed E-state index contributed by atoms with van der Waals surface area (Å²) in [6.07, 6.45) is 0. The van der Waals surface area contributed by atoms with E-state index in [-0.39, 0.29) is 15.5 Å². The third-order valence-corrected chi connectivity index (χ3v) is 2.70. The number of thiol groups is 1. The van der Waals surface area contributed by atoms with Crippen LogP contribution in [0.2, 0.25) is 10.0 Å². The second kappa shape index (κ2) is 3.56. The molecule has 12 heavy (non-hydrogen) atoms. The first kappa shape index (κ1) is 9.71. The molecule has 0 aromatic heterocycles. The molecule has 0 fully saturated rings. The summed E-state index contributed by atoms with van der Waals surface area (Å²) in [6, 6.07) is 2.78. The number of aromatic carboxylic acids is 1. The number of carbonyl (C=O) groups is 1. The largest absolute Gasteiger partial charge is 0.478 e. The summed E-state index contributed by atoms with van der Waals surface area (Å²) in [4.78, 5) is 10.7. The van der Waals surface area contributed by atoms with Gasteiger partial charge in [-0.2, -0.15) is 0 Å². The van der Waals surface area contributed by atoms with Crippen LogP contribution in [0.4, 0.5) is 0 Å². The van der Waals surface area contributed by atoms with Gasteiger partial charge in [0.15, 0.2) is 0 Å². The maximum atomic E-state index is 10.5. The first-order valence-electron chi connectivity index (χ1n) is 2.94. The minimum absolute atomic E-state index is 0.0488. The topological polar surface area (TPSA) is 37.3 Å². The summed E-state index contributed by atoms with van der Waals surface area (Å²) in [6.45, 7) is 0. The number of hydrogen-bond acceptors (Lipinski definition) is 2. The normalized spacial score (nSPS) is 9.92. The van der Waals surface area contributed by atoms with Gasteiger partial charge in [0.05, 0.1) is 15.6 Å². The Hall–Kier alpha value is -0.380. The van der Waals surface area contributed by atoms with Gasteiger partial charge in [-0.25, -0.2) is 4.79 Å². The van der Waals surface area contributed by atoms with Crippen LogP contribution in [0.1, 0.15) is 10.4 Å². The van der Waals surface area contributed by atoms with Gasteiger partial charge in [-0.05, 0) is 12.1 Å². The van der Waals surface area contributed by atoms with Crippen LogP contribution in [0, 0.1) is 0 Å². The molecule has 5 heteroatoms. The molecule has 1 aromatic rings. The van der Waals surface area contributed by atoms with E-state index in [9.17, 15) is 4.79 Å². The van der Waals surface area contributed by atoms with Gasteiger partial charge in [0.2, 0.25) is 0 Å². The Balaban J connectivity index is 3.36. The van der Waals surface area contributed by atoms with Crippen molar-refractivity contribution in [1.29, 1.82) is 0 Å². The molecule has 1 rings (SSSR count). The lowest BCUT2D eigenvalue weighted by molar-refractivity contribution is 0.0693. The molecular formula is C7H4Cl2O2S. The molecule has 0 amide bonds. The first-order chi connectivity index (χ1) is 5.54. The zero-order valence-corrected chi connectivity index (χ0v) is 8.12. The molecule has 2 nitrogen and oxygen atoms in total. The lowest BCUT2D eigenvalue weighted by Gasteiger charge is -2.02. The standard InChI is InChI=1S/C7H4Cl2O2S/c8-4-2-1-3(7(10)11)6(12)5(4)9/h1-2,12H,(H,10,11). The van der Waals surface area contributed by atoms with Crippen molar-refractivity contribution in [1.82, 2.24) is 0 Å². The third kappa shape index (κ3) is 1.68. The highest BCUT2D eigenvalue weighted by Gasteiger charge is 2.12. The molecule has 0 aliphatic carbocycles. The van der Waals surface area contributed by atoms with Crippen LogP contribution in [0.3, 0.4) is 0 Å². The van der Waals surface area contributed by atoms with Crippen molar-refractivity contribution in [2.75, 3.05) is 0 Å². The fourth-order valence-electron chi connectivity index (χ4n) is 0.713. The highest BCUT2D eigenvalue weighted by atomic mass is 35.5. The minimum Gasteiger partial charge on any atom is -0.478 e. The minimum atomic E-state index is -1.07. The summed E-state index contributed by atoms with van der Waals surface area (Å²) in [7, 11) is 0. The molecule has 0 atom stereocenters. The summed E-state index contributed by atoms with van der Waals surface area (Å²) in [5.74, 6) is -1.07. The van der Waals surface area contributed by atoms with Gasteiger partial charge in [0.25, 0.3) is 0 Å².